The molecule has 0 bridgehead atoms. The molecule has 2 aromatic rings. The molecule has 33 heavy (non-hydrogen) atoms. The number of amides is 1. The van der Waals surface area contributed by atoms with E-state index in [1.807, 2.05) is 18.7 Å². The molecule has 1 saturated carbocycles. The molecule has 0 saturated heterocycles. The first kappa shape index (κ1) is 25.7. The molecule has 10 heteroatoms. The topological polar surface area (TPSA) is 96.6 Å². The molecule has 3 rings (SSSR count). The fraction of sp³-hybridized carbons (Fsp3) is 0.609. The highest BCUT2D eigenvalue weighted by molar-refractivity contribution is 7.99. The quantitative estimate of drug-likeness (QED) is 0.451. The van der Waals surface area contributed by atoms with Crippen molar-refractivity contribution in [2.45, 2.75) is 82.0 Å². The lowest BCUT2D eigenvalue weighted by Gasteiger charge is -2.37. The van der Waals surface area contributed by atoms with Crippen molar-refractivity contribution in [1.29, 1.82) is 0 Å². The van der Waals surface area contributed by atoms with Crippen LogP contribution in [0.15, 0.2) is 38.8 Å². The minimum absolute atomic E-state index is 0.0777. The summed E-state index contributed by atoms with van der Waals surface area (Å²) in [4.78, 5) is 15.1. The third-order valence-electron chi connectivity index (χ3n) is 5.96. The smallest absolute Gasteiger partial charge is 0.277 e. The standard InChI is InChI=1S/C23H34N4O4S2/c1-5-26(6-2)33(29,30)20-14-10-11-18(15-20)22-24-25-23(31-22)32-16-21(28)27(17(3)4)19-12-8-7-9-13-19/h10-11,14-15,17,19H,5-9,12-13,16H2,1-4H3. The van der Waals surface area contributed by atoms with E-state index in [0.717, 1.165) is 12.8 Å². The Bertz CT molecular complexity index is 1030. The summed E-state index contributed by atoms with van der Waals surface area (Å²) in [6.07, 6.45) is 5.71. The van der Waals surface area contributed by atoms with Gasteiger partial charge in [-0.25, -0.2) is 8.42 Å². The molecule has 1 heterocycles. The van der Waals surface area contributed by atoms with Crippen molar-refractivity contribution in [3.63, 3.8) is 0 Å². The van der Waals surface area contributed by atoms with E-state index in [0.29, 0.717) is 29.9 Å². The zero-order chi connectivity index (χ0) is 24.0. The molecule has 0 aliphatic heterocycles. The molecule has 1 aromatic heterocycles. The Balaban J connectivity index is 1.69. The summed E-state index contributed by atoms with van der Waals surface area (Å²) in [7, 11) is -3.59. The van der Waals surface area contributed by atoms with Gasteiger partial charge in [0.2, 0.25) is 21.8 Å². The molecule has 0 spiro atoms. The molecule has 1 aliphatic carbocycles. The largest absolute Gasteiger partial charge is 0.411 e. The molecule has 8 nitrogen and oxygen atoms in total. The Morgan fingerprint density at radius 1 is 1.15 bits per heavy atom. The maximum atomic E-state index is 13.0. The van der Waals surface area contributed by atoms with Crippen LogP contribution in [-0.2, 0) is 14.8 Å². The van der Waals surface area contributed by atoms with E-state index in [2.05, 4.69) is 24.0 Å². The molecule has 1 aliphatic rings. The van der Waals surface area contributed by atoms with Gasteiger partial charge in [0.15, 0.2) is 0 Å². The molecule has 1 amide bonds. The predicted octanol–water partition coefficient (Wildman–Crippen LogP) is 4.43. The summed E-state index contributed by atoms with van der Waals surface area (Å²) in [5.74, 6) is 0.538. The van der Waals surface area contributed by atoms with Gasteiger partial charge in [-0.3, -0.25) is 4.79 Å². The second-order valence-electron chi connectivity index (χ2n) is 8.47. The van der Waals surface area contributed by atoms with Gasteiger partial charge in [-0.15, -0.1) is 10.2 Å². The minimum atomic E-state index is -3.59. The number of hydrogen-bond acceptors (Lipinski definition) is 7. The summed E-state index contributed by atoms with van der Waals surface area (Å²) in [5, 5.41) is 8.42. The molecule has 1 aromatic carbocycles. The highest BCUT2D eigenvalue weighted by atomic mass is 32.2. The van der Waals surface area contributed by atoms with Crippen molar-refractivity contribution >= 4 is 27.7 Å². The van der Waals surface area contributed by atoms with E-state index in [-0.39, 0.29) is 28.5 Å². The van der Waals surface area contributed by atoms with Gasteiger partial charge in [0, 0.05) is 30.7 Å². The van der Waals surface area contributed by atoms with Crippen LogP contribution in [0.1, 0.15) is 59.8 Å². The normalized spacial score (nSPS) is 15.3. The summed E-state index contributed by atoms with van der Waals surface area (Å²) < 4.78 is 32.8. The Hall–Kier alpha value is -1.91. The van der Waals surface area contributed by atoms with Crippen LogP contribution in [0.25, 0.3) is 11.5 Å². The zero-order valence-corrected chi connectivity index (χ0v) is 21.5. The fourth-order valence-corrected chi connectivity index (χ4v) is 6.49. The Kier molecular flexibility index (Phi) is 8.95. The first-order valence-corrected chi connectivity index (χ1v) is 14.1. The van der Waals surface area contributed by atoms with Crippen LogP contribution in [0.4, 0.5) is 0 Å². The Morgan fingerprint density at radius 3 is 2.48 bits per heavy atom. The van der Waals surface area contributed by atoms with E-state index in [9.17, 15) is 13.2 Å². The number of thioether (sulfide) groups is 1. The SMILES string of the molecule is CCN(CC)S(=O)(=O)c1cccc(-c2nnc(SCC(=O)N(C(C)C)C3CCCCC3)o2)c1. The number of aromatic nitrogens is 2. The molecule has 1 fully saturated rings. The van der Waals surface area contributed by atoms with Gasteiger partial charge in [0.1, 0.15) is 0 Å². The number of nitrogens with zero attached hydrogens (tertiary/aromatic N) is 4. The summed E-state index contributed by atoms with van der Waals surface area (Å²) in [5.41, 5.74) is 0.528. The monoisotopic (exact) mass is 494 g/mol. The average Bonchev–Trinajstić information content (AvgIpc) is 3.28. The highest BCUT2D eigenvalue weighted by Gasteiger charge is 2.28. The van der Waals surface area contributed by atoms with Crippen LogP contribution in [-0.4, -0.2) is 64.7 Å². The highest BCUT2D eigenvalue weighted by Crippen LogP contribution is 2.28. The van der Waals surface area contributed by atoms with Crippen LogP contribution < -0.4 is 0 Å². The maximum Gasteiger partial charge on any atom is 0.277 e. The van der Waals surface area contributed by atoms with Crippen molar-refractivity contribution in [2.75, 3.05) is 18.8 Å². The van der Waals surface area contributed by atoms with Gasteiger partial charge in [-0.1, -0.05) is 50.9 Å². The van der Waals surface area contributed by atoms with Crippen molar-refractivity contribution < 1.29 is 17.6 Å². The number of carbonyl (C=O) groups excluding carboxylic acids is 1. The van der Waals surface area contributed by atoms with Crippen LogP contribution in [0.3, 0.4) is 0 Å². The van der Waals surface area contributed by atoms with Gasteiger partial charge >= 0.3 is 0 Å². The van der Waals surface area contributed by atoms with E-state index in [1.165, 1.54) is 35.3 Å². The lowest BCUT2D eigenvalue weighted by atomic mass is 9.93. The van der Waals surface area contributed by atoms with Crippen LogP contribution in [0.2, 0.25) is 0 Å². The van der Waals surface area contributed by atoms with E-state index in [1.54, 1.807) is 24.3 Å². The zero-order valence-electron chi connectivity index (χ0n) is 19.9. The second-order valence-corrected chi connectivity index (χ2v) is 11.3. The van der Waals surface area contributed by atoms with Crippen molar-refractivity contribution in [3.05, 3.63) is 24.3 Å². The number of sulfonamides is 1. The summed E-state index contributed by atoms with van der Waals surface area (Å²) >= 11 is 1.22. The van der Waals surface area contributed by atoms with Gasteiger partial charge in [-0.2, -0.15) is 4.31 Å². The van der Waals surface area contributed by atoms with Crippen LogP contribution in [0, 0.1) is 0 Å². The van der Waals surface area contributed by atoms with Gasteiger partial charge < -0.3 is 9.32 Å². The molecular formula is C23H34N4O4S2. The molecule has 182 valence electrons. The molecule has 0 radical (unpaired) electrons. The van der Waals surface area contributed by atoms with Crippen LogP contribution in [0.5, 0.6) is 0 Å². The lowest BCUT2D eigenvalue weighted by molar-refractivity contribution is -0.133. The van der Waals surface area contributed by atoms with Gasteiger partial charge in [-0.05, 0) is 44.9 Å². The van der Waals surface area contributed by atoms with Crippen molar-refractivity contribution in [3.8, 4) is 11.5 Å². The molecule has 0 unspecified atom stereocenters. The molecule has 0 N–H and O–H groups in total. The second kappa shape index (κ2) is 11.5. The predicted molar refractivity (Wildman–Crippen MR) is 129 cm³/mol. The molecular weight excluding hydrogens is 460 g/mol. The maximum absolute atomic E-state index is 13.0. The number of carbonyl (C=O) groups is 1. The third-order valence-corrected chi connectivity index (χ3v) is 8.81. The minimum Gasteiger partial charge on any atom is -0.411 e. The first-order valence-electron chi connectivity index (χ1n) is 11.7. The van der Waals surface area contributed by atoms with E-state index < -0.39 is 10.0 Å². The van der Waals surface area contributed by atoms with E-state index >= 15 is 0 Å². The Morgan fingerprint density at radius 2 is 1.85 bits per heavy atom. The number of benzene rings is 1. The average molecular weight is 495 g/mol. The molecule has 0 atom stereocenters. The summed E-state index contributed by atoms with van der Waals surface area (Å²) in [6, 6.07) is 6.96. The van der Waals surface area contributed by atoms with Gasteiger partial charge in [0.25, 0.3) is 5.22 Å². The van der Waals surface area contributed by atoms with Crippen molar-refractivity contribution in [1.82, 2.24) is 19.4 Å². The first-order chi connectivity index (χ1) is 15.8. The number of hydrogen-bond donors (Lipinski definition) is 0. The third kappa shape index (κ3) is 6.16. The van der Waals surface area contributed by atoms with Crippen LogP contribution >= 0.6 is 11.8 Å². The van der Waals surface area contributed by atoms with E-state index in [4.69, 9.17) is 4.42 Å². The summed E-state index contributed by atoms with van der Waals surface area (Å²) in [6.45, 7) is 8.52. The lowest BCUT2D eigenvalue weighted by Crippen LogP contribution is -2.46. The number of rotatable bonds is 10. The fourth-order valence-electron chi connectivity index (χ4n) is 4.36. The van der Waals surface area contributed by atoms with Crippen molar-refractivity contribution in [2.24, 2.45) is 0 Å². The Labute approximate surface area is 201 Å². The van der Waals surface area contributed by atoms with Gasteiger partial charge in [0.05, 0.1) is 10.6 Å².